The highest BCUT2D eigenvalue weighted by atomic mass is 32.1. The van der Waals surface area contributed by atoms with Gasteiger partial charge in [-0.1, -0.05) is 84.1 Å². The topological polar surface area (TPSA) is 65.6 Å². The predicted octanol–water partition coefficient (Wildman–Crippen LogP) is 5.87. The fourth-order valence-corrected chi connectivity index (χ4v) is 6.69. The molecule has 2 aromatic heterocycles. The van der Waals surface area contributed by atoms with Gasteiger partial charge in [-0.05, 0) is 74.2 Å². The summed E-state index contributed by atoms with van der Waals surface area (Å²) >= 11 is 1.34. The summed E-state index contributed by atoms with van der Waals surface area (Å²) in [5.74, 6) is -0.455. The Balaban J connectivity index is 1.44. The van der Waals surface area contributed by atoms with Gasteiger partial charge in [0.25, 0.3) is 5.56 Å². The van der Waals surface area contributed by atoms with E-state index >= 15 is 0 Å². The van der Waals surface area contributed by atoms with Crippen LogP contribution >= 0.6 is 11.3 Å². The Kier molecular flexibility index (Phi) is 7.35. The van der Waals surface area contributed by atoms with Crippen molar-refractivity contribution >= 4 is 23.4 Å². The average Bonchev–Trinajstić information content (AvgIpc) is 3.46. The van der Waals surface area contributed by atoms with E-state index in [2.05, 4.69) is 60.9 Å². The maximum atomic E-state index is 14.0. The highest BCUT2D eigenvalue weighted by Gasteiger charge is 2.33. The van der Waals surface area contributed by atoms with E-state index in [1.54, 1.807) is 18.4 Å². The normalized spacial score (nSPS) is 15.0. The number of allylic oxidation sites excluding steroid dienone is 1. The third-order valence-corrected chi connectivity index (χ3v) is 8.60. The lowest BCUT2D eigenvalue weighted by atomic mass is 9.96. The smallest absolute Gasteiger partial charge is 0.338 e. The highest BCUT2D eigenvalue weighted by molar-refractivity contribution is 7.07. The van der Waals surface area contributed by atoms with E-state index in [9.17, 15) is 9.59 Å². The number of hydrogen-bond acceptors (Lipinski definition) is 5. The van der Waals surface area contributed by atoms with Gasteiger partial charge in [0.05, 0.1) is 28.5 Å². The molecule has 6 nitrogen and oxygen atoms in total. The molecule has 5 aromatic rings. The third kappa shape index (κ3) is 4.86. The Morgan fingerprint density at radius 1 is 0.929 bits per heavy atom. The number of ether oxygens (including phenoxy) is 1. The fourth-order valence-electron chi connectivity index (χ4n) is 5.65. The molecule has 1 atom stereocenters. The zero-order valence-corrected chi connectivity index (χ0v) is 24.8. The first kappa shape index (κ1) is 27.4. The van der Waals surface area contributed by atoms with Gasteiger partial charge in [0.1, 0.15) is 0 Å². The van der Waals surface area contributed by atoms with Crippen molar-refractivity contribution < 1.29 is 9.53 Å². The van der Waals surface area contributed by atoms with Crippen molar-refractivity contribution in [3.05, 3.63) is 144 Å². The minimum Gasteiger partial charge on any atom is -0.463 e. The molecule has 0 unspecified atom stereocenters. The van der Waals surface area contributed by atoms with Crippen molar-refractivity contribution in [1.82, 2.24) is 9.13 Å². The molecule has 0 bridgehead atoms. The van der Waals surface area contributed by atoms with Gasteiger partial charge in [0.15, 0.2) is 4.80 Å². The van der Waals surface area contributed by atoms with Gasteiger partial charge < -0.3 is 9.30 Å². The van der Waals surface area contributed by atoms with Crippen LogP contribution in [0.15, 0.2) is 112 Å². The van der Waals surface area contributed by atoms with E-state index in [0.717, 1.165) is 33.8 Å². The maximum absolute atomic E-state index is 14.0. The molecule has 0 spiro atoms. The number of aromatic nitrogens is 2. The van der Waals surface area contributed by atoms with E-state index in [0.29, 0.717) is 20.6 Å². The number of carbonyl (C=O) groups is 1. The lowest BCUT2D eigenvalue weighted by Crippen LogP contribution is -2.39. The quantitative estimate of drug-likeness (QED) is 0.239. The summed E-state index contributed by atoms with van der Waals surface area (Å²) in [6, 6.07) is 29.9. The first-order valence-electron chi connectivity index (χ1n) is 14.0. The van der Waals surface area contributed by atoms with Crippen molar-refractivity contribution in [2.45, 2.75) is 33.7 Å². The molecule has 7 heteroatoms. The number of fused-ring (bicyclic) bond motifs is 1. The number of benzene rings is 3. The van der Waals surface area contributed by atoms with Gasteiger partial charge in [-0.3, -0.25) is 9.36 Å². The molecule has 0 saturated heterocycles. The van der Waals surface area contributed by atoms with E-state index in [1.165, 1.54) is 16.9 Å². The summed E-state index contributed by atoms with van der Waals surface area (Å²) in [4.78, 5) is 32.3. The summed E-state index contributed by atoms with van der Waals surface area (Å²) in [5.41, 5.74) is 8.07. The lowest BCUT2D eigenvalue weighted by Gasteiger charge is -2.24. The first-order valence-corrected chi connectivity index (χ1v) is 14.8. The molecule has 0 N–H and O–H groups in total. The second-order valence-electron chi connectivity index (χ2n) is 10.3. The van der Waals surface area contributed by atoms with Gasteiger partial charge in [0.2, 0.25) is 0 Å². The van der Waals surface area contributed by atoms with E-state index < -0.39 is 12.0 Å². The highest BCUT2D eigenvalue weighted by Crippen LogP contribution is 2.31. The number of aryl methyl sites for hydroxylation is 1. The molecule has 210 valence electrons. The van der Waals surface area contributed by atoms with E-state index in [4.69, 9.17) is 9.73 Å². The zero-order chi connectivity index (χ0) is 29.4. The molecule has 3 heterocycles. The van der Waals surface area contributed by atoms with Crippen LogP contribution in [0.1, 0.15) is 42.4 Å². The Morgan fingerprint density at radius 2 is 1.57 bits per heavy atom. The van der Waals surface area contributed by atoms with Crippen molar-refractivity contribution in [1.29, 1.82) is 0 Å². The first-order chi connectivity index (χ1) is 20.4. The molecule has 1 aliphatic rings. The van der Waals surface area contributed by atoms with E-state index in [1.807, 2.05) is 54.6 Å². The number of rotatable bonds is 6. The molecule has 0 fully saturated rings. The number of nitrogens with zero attached hydrogens (tertiary/aromatic N) is 3. The maximum Gasteiger partial charge on any atom is 0.338 e. The summed E-state index contributed by atoms with van der Waals surface area (Å²) < 4.78 is 9.78. The van der Waals surface area contributed by atoms with Crippen LogP contribution in [0.5, 0.6) is 0 Å². The minimum atomic E-state index is -0.612. The van der Waals surface area contributed by atoms with E-state index in [-0.39, 0.29) is 12.2 Å². The summed E-state index contributed by atoms with van der Waals surface area (Å²) in [6.07, 6.45) is 1.94. The van der Waals surface area contributed by atoms with Gasteiger partial charge >= 0.3 is 5.97 Å². The van der Waals surface area contributed by atoms with Crippen LogP contribution in [0.25, 0.3) is 22.9 Å². The van der Waals surface area contributed by atoms with Gasteiger partial charge in [-0.25, -0.2) is 9.79 Å². The second kappa shape index (κ2) is 11.3. The molecule has 0 saturated carbocycles. The van der Waals surface area contributed by atoms with Crippen molar-refractivity contribution in [2.24, 2.45) is 4.99 Å². The predicted molar refractivity (Wildman–Crippen MR) is 168 cm³/mol. The standard InChI is InChI=1S/C35H31N3O3S/c1-5-41-34(40)31-23(3)36-35-38(32(31)27-14-10-7-11-15-27)33(39)30(42-35)21-28-20-22(2)37(24(28)4)29-18-16-26(17-19-29)25-12-8-6-9-13-25/h6-21,32H,5H2,1-4H3/b30-21-/t32-/m1/s1. The SMILES string of the molecule is CCOC(=O)C1=C(C)N=c2s/c(=C\c3cc(C)n(-c4ccc(-c5ccccc5)cc4)c3C)c(=O)n2[C@@H]1c1ccccc1. The Labute approximate surface area is 248 Å². The van der Waals surface area contributed by atoms with Crippen LogP contribution in [-0.4, -0.2) is 21.7 Å². The lowest BCUT2D eigenvalue weighted by molar-refractivity contribution is -0.139. The molecule has 0 aliphatic carbocycles. The number of hydrogen-bond donors (Lipinski definition) is 0. The monoisotopic (exact) mass is 573 g/mol. The number of carbonyl (C=O) groups excluding carboxylic acids is 1. The molecular formula is C35H31N3O3S. The Bertz CT molecular complexity index is 2000. The van der Waals surface area contributed by atoms with Gasteiger partial charge in [-0.15, -0.1) is 0 Å². The van der Waals surface area contributed by atoms with Crippen LogP contribution in [0.2, 0.25) is 0 Å². The summed E-state index contributed by atoms with van der Waals surface area (Å²) in [5, 5.41) is 0. The fraction of sp³-hybridized carbons (Fsp3) is 0.171. The minimum absolute atomic E-state index is 0.182. The van der Waals surface area contributed by atoms with Crippen LogP contribution in [-0.2, 0) is 9.53 Å². The largest absolute Gasteiger partial charge is 0.463 e. The summed E-state index contributed by atoms with van der Waals surface area (Å²) in [7, 11) is 0. The molecule has 3 aromatic carbocycles. The molecule has 42 heavy (non-hydrogen) atoms. The molecular weight excluding hydrogens is 542 g/mol. The van der Waals surface area contributed by atoms with Crippen LogP contribution in [0, 0.1) is 13.8 Å². The van der Waals surface area contributed by atoms with Crippen LogP contribution in [0.3, 0.4) is 0 Å². The molecule has 1 aliphatic heterocycles. The van der Waals surface area contributed by atoms with Gasteiger partial charge in [0, 0.05) is 17.1 Å². The molecule has 0 radical (unpaired) electrons. The summed E-state index contributed by atoms with van der Waals surface area (Å²) in [6.45, 7) is 7.95. The number of esters is 1. The van der Waals surface area contributed by atoms with Crippen molar-refractivity contribution in [3.63, 3.8) is 0 Å². The zero-order valence-electron chi connectivity index (χ0n) is 24.0. The van der Waals surface area contributed by atoms with Crippen LogP contribution < -0.4 is 14.9 Å². The second-order valence-corrected chi connectivity index (χ2v) is 11.3. The molecule has 6 rings (SSSR count). The van der Waals surface area contributed by atoms with Crippen molar-refractivity contribution in [3.8, 4) is 16.8 Å². The van der Waals surface area contributed by atoms with Gasteiger partial charge in [-0.2, -0.15) is 0 Å². The Morgan fingerprint density at radius 3 is 2.24 bits per heavy atom. The van der Waals surface area contributed by atoms with Crippen molar-refractivity contribution in [2.75, 3.05) is 6.61 Å². The van der Waals surface area contributed by atoms with Crippen LogP contribution in [0.4, 0.5) is 0 Å². The molecule has 0 amide bonds. The number of thiazole rings is 1. The Hall–Kier alpha value is -4.75. The average molecular weight is 574 g/mol. The third-order valence-electron chi connectivity index (χ3n) is 7.62.